The highest BCUT2D eigenvalue weighted by atomic mass is 16.5. The van der Waals surface area contributed by atoms with Gasteiger partial charge in [0.25, 0.3) is 0 Å². The van der Waals surface area contributed by atoms with Crippen LogP contribution in [-0.4, -0.2) is 43.0 Å². The Morgan fingerprint density at radius 2 is 1.74 bits per heavy atom. The van der Waals surface area contributed by atoms with Crippen molar-refractivity contribution in [3.8, 4) is 0 Å². The molecule has 0 N–H and O–H groups in total. The van der Waals surface area contributed by atoms with Crippen molar-refractivity contribution in [3.05, 3.63) is 11.6 Å². The molecule has 0 saturated heterocycles. The Balaban J connectivity index is 1.57. The van der Waals surface area contributed by atoms with Gasteiger partial charge in [0.15, 0.2) is 5.78 Å². The average Bonchev–Trinajstić information content (AvgIpc) is 3.22. The van der Waals surface area contributed by atoms with Gasteiger partial charge in [-0.05, 0) is 80.6 Å². The molecular formula is C27H38O7. The van der Waals surface area contributed by atoms with Crippen molar-refractivity contribution in [1.29, 1.82) is 0 Å². The molecule has 7 nitrogen and oxygen atoms in total. The normalized spacial score (nSPS) is 37.4. The van der Waals surface area contributed by atoms with E-state index in [2.05, 4.69) is 6.92 Å². The number of esters is 3. The van der Waals surface area contributed by atoms with Crippen molar-refractivity contribution in [3.63, 3.8) is 0 Å². The van der Waals surface area contributed by atoms with Crippen molar-refractivity contribution in [2.45, 2.75) is 84.3 Å². The molecule has 0 heterocycles. The topological polar surface area (TPSA) is 96.0 Å². The van der Waals surface area contributed by atoms with E-state index in [9.17, 15) is 19.2 Å². The highest BCUT2D eigenvalue weighted by molar-refractivity contribution is 5.94. The molecule has 0 radical (unpaired) electrons. The van der Waals surface area contributed by atoms with Crippen molar-refractivity contribution < 1.29 is 33.4 Å². The second-order valence-electron chi connectivity index (χ2n) is 10.9. The maximum absolute atomic E-state index is 13.5. The lowest BCUT2D eigenvalue weighted by Gasteiger charge is -2.51. The molecule has 0 aromatic heterocycles. The molecule has 3 fully saturated rings. The van der Waals surface area contributed by atoms with Gasteiger partial charge < -0.3 is 14.2 Å². The van der Waals surface area contributed by atoms with Crippen LogP contribution in [0.25, 0.3) is 0 Å². The van der Waals surface area contributed by atoms with E-state index in [0.717, 1.165) is 44.1 Å². The first kappa shape index (κ1) is 24.9. The summed E-state index contributed by atoms with van der Waals surface area (Å²) in [4.78, 5) is 48.7. The van der Waals surface area contributed by atoms with Gasteiger partial charge in [-0.25, -0.2) is 0 Å². The molecule has 0 aromatic rings. The number of allylic oxidation sites excluding steroid dienone is 1. The lowest BCUT2D eigenvalue weighted by molar-refractivity contribution is -0.156. The van der Waals surface area contributed by atoms with Crippen LogP contribution >= 0.6 is 0 Å². The molecular weight excluding hydrogens is 436 g/mol. The molecule has 3 saturated carbocycles. The summed E-state index contributed by atoms with van der Waals surface area (Å²) in [6.45, 7) is 5.03. The van der Waals surface area contributed by atoms with Crippen LogP contribution in [0.1, 0.15) is 72.1 Å². The maximum Gasteiger partial charge on any atom is 0.305 e. The molecule has 0 aliphatic heterocycles. The second kappa shape index (κ2) is 10.2. The summed E-state index contributed by atoms with van der Waals surface area (Å²) in [7, 11) is 1.40. The fraction of sp³-hybridized carbons (Fsp3) is 0.778. The summed E-state index contributed by atoms with van der Waals surface area (Å²) in [5, 5.41) is 0. The number of methoxy groups -OCH3 is 1. The van der Waals surface area contributed by atoms with Gasteiger partial charge in [0, 0.05) is 32.1 Å². The smallest absolute Gasteiger partial charge is 0.305 e. The predicted molar refractivity (Wildman–Crippen MR) is 123 cm³/mol. The molecule has 4 aliphatic rings. The Bertz CT molecular complexity index is 861. The first-order chi connectivity index (χ1) is 16.2. The zero-order valence-corrected chi connectivity index (χ0v) is 20.8. The third kappa shape index (κ3) is 4.94. The largest absolute Gasteiger partial charge is 0.469 e. The monoisotopic (exact) mass is 474 g/mol. The van der Waals surface area contributed by atoms with Gasteiger partial charge in [-0.15, -0.1) is 0 Å². The first-order valence-corrected chi connectivity index (χ1v) is 12.9. The summed E-state index contributed by atoms with van der Waals surface area (Å²) in [5.41, 5.74) is 1.16. The number of ether oxygens (including phenoxy) is 3. The van der Waals surface area contributed by atoms with Gasteiger partial charge in [0.1, 0.15) is 12.2 Å². The molecule has 0 bridgehead atoms. The zero-order chi connectivity index (χ0) is 24.6. The Hall–Kier alpha value is -2.18. The third-order valence-electron chi connectivity index (χ3n) is 8.95. The van der Waals surface area contributed by atoms with Crippen LogP contribution in [0.15, 0.2) is 11.6 Å². The van der Waals surface area contributed by atoms with Gasteiger partial charge in [0.05, 0.1) is 7.11 Å². The number of hydrogen-bond donors (Lipinski definition) is 0. The summed E-state index contributed by atoms with van der Waals surface area (Å²) in [6, 6.07) is 0. The highest BCUT2D eigenvalue weighted by Crippen LogP contribution is 2.58. The molecule has 188 valence electrons. The molecule has 7 heteroatoms. The van der Waals surface area contributed by atoms with E-state index in [1.54, 1.807) is 0 Å². The molecule has 0 spiro atoms. The molecule has 9 atom stereocenters. The maximum atomic E-state index is 13.5. The number of rotatable bonds is 6. The van der Waals surface area contributed by atoms with E-state index in [4.69, 9.17) is 14.2 Å². The van der Waals surface area contributed by atoms with Gasteiger partial charge in [-0.2, -0.15) is 0 Å². The minimum atomic E-state index is -0.287. The molecule has 7 unspecified atom stereocenters. The van der Waals surface area contributed by atoms with Gasteiger partial charge in [-0.1, -0.05) is 12.5 Å². The van der Waals surface area contributed by atoms with Crippen molar-refractivity contribution >= 4 is 23.7 Å². The summed E-state index contributed by atoms with van der Waals surface area (Å²) in [5.74, 6) is 0.621. The van der Waals surface area contributed by atoms with Crippen LogP contribution < -0.4 is 0 Å². The van der Waals surface area contributed by atoms with E-state index >= 15 is 0 Å². The first-order valence-electron chi connectivity index (χ1n) is 12.9. The molecule has 34 heavy (non-hydrogen) atoms. The molecule has 4 aliphatic carbocycles. The highest BCUT2D eigenvalue weighted by Gasteiger charge is 2.56. The van der Waals surface area contributed by atoms with E-state index in [1.807, 2.05) is 6.08 Å². The number of fused-ring (bicyclic) bond motifs is 5. The van der Waals surface area contributed by atoms with E-state index in [-0.39, 0.29) is 77.3 Å². The van der Waals surface area contributed by atoms with E-state index < -0.39 is 0 Å². The second-order valence-corrected chi connectivity index (χ2v) is 10.9. The predicted octanol–water partition coefficient (Wildman–Crippen LogP) is 4.03. The minimum Gasteiger partial charge on any atom is -0.469 e. The van der Waals surface area contributed by atoms with Crippen LogP contribution in [0.3, 0.4) is 0 Å². The van der Waals surface area contributed by atoms with Gasteiger partial charge in [0.2, 0.25) is 0 Å². The SMILES string of the molecule is COC(=O)CCC(C)C1CCC2C1C(=O)C=C1C3CC[C@@H](OC(C)=O)CC3C[C@@H](OC(C)=O)C12. The van der Waals surface area contributed by atoms with Crippen LogP contribution in [0.4, 0.5) is 0 Å². The van der Waals surface area contributed by atoms with Crippen LogP contribution in [0, 0.1) is 41.4 Å². The zero-order valence-electron chi connectivity index (χ0n) is 20.8. The van der Waals surface area contributed by atoms with Crippen LogP contribution in [0.2, 0.25) is 0 Å². The molecule has 0 aromatic carbocycles. The summed E-state index contributed by atoms with van der Waals surface area (Å²) < 4.78 is 16.2. The standard InChI is InChI=1S/C27H38O7/c1-14(5-10-25(31)32-4)19-8-9-21-26(19)23(30)13-22-20-7-6-18(33-15(2)28)11-17(20)12-24(27(21)22)34-16(3)29/h13-14,17-21,24,26-27H,5-12H2,1-4H3/t14?,17?,18-,19?,20?,21?,24-,26?,27?/m1/s1. The van der Waals surface area contributed by atoms with Crippen LogP contribution in [0.5, 0.6) is 0 Å². The Morgan fingerprint density at radius 3 is 2.41 bits per heavy atom. The lowest BCUT2D eigenvalue weighted by Crippen LogP contribution is -2.50. The quantitative estimate of drug-likeness (QED) is 0.424. The lowest BCUT2D eigenvalue weighted by atomic mass is 9.56. The van der Waals surface area contributed by atoms with E-state index in [0.29, 0.717) is 12.8 Å². The number of carbonyl (C=O) groups excluding carboxylic acids is 4. The fourth-order valence-electron chi connectivity index (χ4n) is 7.68. The molecule has 4 rings (SSSR count). The Labute approximate surface area is 202 Å². The van der Waals surface area contributed by atoms with E-state index in [1.165, 1.54) is 21.0 Å². The minimum absolute atomic E-state index is 0.0756. The number of carbonyl (C=O) groups is 4. The average molecular weight is 475 g/mol. The molecule has 0 amide bonds. The number of hydrogen-bond acceptors (Lipinski definition) is 7. The van der Waals surface area contributed by atoms with Gasteiger partial charge >= 0.3 is 17.9 Å². The summed E-state index contributed by atoms with van der Waals surface area (Å²) in [6.07, 6.45) is 7.71. The van der Waals surface area contributed by atoms with Crippen LogP contribution in [-0.2, 0) is 33.4 Å². The van der Waals surface area contributed by atoms with Crippen molar-refractivity contribution in [1.82, 2.24) is 0 Å². The fourth-order valence-corrected chi connectivity index (χ4v) is 7.68. The Morgan fingerprint density at radius 1 is 1.00 bits per heavy atom. The summed E-state index contributed by atoms with van der Waals surface area (Å²) >= 11 is 0. The number of ketones is 1. The van der Waals surface area contributed by atoms with Gasteiger partial charge in [-0.3, -0.25) is 19.2 Å². The third-order valence-corrected chi connectivity index (χ3v) is 8.95. The van der Waals surface area contributed by atoms with Crippen molar-refractivity contribution in [2.75, 3.05) is 7.11 Å². The Kier molecular flexibility index (Phi) is 7.48. The van der Waals surface area contributed by atoms with Crippen molar-refractivity contribution in [2.24, 2.45) is 41.4 Å².